The molecule has 0 spiro atoms. The number of nitrogens with one attached hydrogen (secondary N) is 2. The van der Waals surface area contributed by atoms with Crippen LogP contribution >= 0.6 is 15.6 Å². The first-order valence-electron chi connectivity index (χ1n) is 14.1. The number of nitrogens with two attached hydrogens (primary N) is 2. The van der Waals surface area contributed by atoms with Crippen LogP contribution in [0.15, 0.2) is 22.2 Å². The van der Waals surface area contributed by atoms with Crippen molar-refractivity contribution in [3.05, 3.63) is 33.4 Å². The summed E-state index contributed by atoms with van der Waals surface area (Å²) in [7, 11) is -7.89. The van der Waals surface area contributed by atoms with Crippen molar-refractivity contribution in [1.29, 1.82) is 0 Å². The van der Waals surface area contributed by atoms with Crippen LogP contribution in [0, 0.1) is 0 Å². The predicted octanol–water partition coefficient (Wildman–Crippen LogP) is -5.23. The number of phosphoric ester groups is 2. The molecule has 2 aliphatic heterocycles. The summed E-state index contributed by atoms with van der Waals surface area (Å²) in [6, 6.07) is 0. The third-order valence-corrected chi connectivity index (χ3v) is 10.4. The van der Waals surface area contributed by atoms with Gasteiger partial charge in [-0.1, -0.05) is 9.97 Å². The smallest absolute Gasteiger partial charge is 0.387 e. The van der Waals surface area contributed by atoms with Crippen LogP contribution in [0.4, 0.5) is 11.9 Å². The van der Waals surface area contributed by atoms with Crippen molar-refractivity contribution in [2.75, 3.05) is 24.7 Å². The minimum atomic E-state index is -5.44. The van der Waals surface area contributed by atoms with Crippen LogP contribution in [-0.2, 0) is 46.1 Å². The molecule has 6 rings (SSSR count). The number of ether oxygens (including phenoxy) is 2. The zero-order chi connectivity index (χ0) is 35.7. The average molecular weight is 739 g/mol. The van der Waals surface area contributed by atoms with Gasteiger partial charge in [0.25, 0.3) is 23.0 Å². The van der Waals surface area contributed by atoms with Crippen LogP contribution in [0.3, 0.4) is 0 Å². The summed E-state index contributed by atoms with van der Waals surface area (Å²) >= 11 is 0. The fraction of sp³-hybridized carbons (Fsp3) is 0.545. The standard InChI is InChI=1S/C22H30N10O15P2/c1-29-5-31(15-9(29)17(37)27-21(23)25-15)19-13(35)11(33)7(45-19)3-43-48(39,40)47-49(41,42)44-4-8-12(34)14(36)20(46-8)32-6-30(2)10-16(32)26-22(24)28-18(10)38/h5-8,11-14,19-20,33-36H,3-4H2,1-2H3,(H6-2,23,24,25,26,27,28,37,38,39,40,41,42)/p+2/t7-,8-,11-,12-,13-,14-,19-,20-/m1/s1. The Kier molecular flexibility index (Phi) is 9.02. The number of hydrogen-bond acceptors (Lipinski definition) is 17. The van der Waals surface area contributed by atoms with E-state index in [-0.39, 0.29) is 34.2 Å². The van der Waals surface area contributed by atoms with Gasteiger partial charge in [0, 0.05) is 0 Å². The molecular formula is C22H32N10O15P2+2. The largest absolute Gasteiger partial charge is 0.481 e. The summed E-state index contributed by atoms with van der Waals surface area (Å²) in [6.07, 6.45) is -9.91. The SMILES string of the molecule is Cn1c[n+]([C@@H]2O[C@H](COP(=O)(O)OP(=O)(O)OC[C@H]3O[C@@H]([n+]4cn(C)c5c(=O)[nH]c(N)nc54)[C@H](O)[C@@H]3O)[C@@H](O)[C@H]2O)c2nc(N)[nH]c(=O)c21. The molecule has 6 heterocycles. The van der Waals surface area contributed by atoms with E-state index >= 15 is 0 Å². The molecule has 4 aromatic rings. The van der Waals surface area contributed by atoms with Gasteiger partial charge < -0.3 is 51.2 Å². The number of hydrogen-bond donors (Lipinski definition) is 10. The molecule has 0 amide bonds. The maximum Gasteiger partial charge on any atom is 0.481 e. The van der Waals surface area contributed by atoms with Crippen LogP contribution in [0.2, 0.25) is 0 Å². The van der Waals surface area contributed by atoms with Crippen molar-refractivity contribution >= 4 is 49.9 Å². The molecule has 2 fully saturated rings. The first-order valence-corrected chi connectivity index (χ1v) is 17.1. The third-order valence-electron chi connectivity index (χ3n) is 7.81. The Bertz CT molecular complexity index is 1990. The van der Waals surface area contributed by atoms with Crippen molar-refractivity contribution in [2.24, 2.45) is 14.1 Å². The fourth-order valence-electron chi connectivity index (χ4n) is 5.62. The van der Waals surface area contributed by atoms with Gasteiger partial charge in [-0.25, -0.2) is 18.3 Å². The van der Waals surface area contributed by atoms with Crippen molar-refractivity contribution in [3.8, 4) is 0 Å². The number of imidazole rings is 2. The second kappa shape index (κ2) is 12.6. The van der Waals surface area contributed by atoms with Crippen LogP contribution in [0.1, 0.15) is 12.5 Å². The Balaban J connectivity index is 1.08. The molecule has 25 nitrogen and oxygen atoms in total. The van der Waals surface area contributed by atoms with E-state index in [0.717, 1.165) is 0 Å². The monoisotopic (exact) mass is 738 g/mol. The summed E-state index contributed by atoms with van der Waals surface area (Å²) in [5.41, 5.74) is 10.1. The van der Waals surface area contributed by atoms with Crippen LogP contribution in [0.25, 0.3) is 22.3 Å². The molecule has 4 aromatic heterocycles. The summed E-state index contributed by atoms with van der Waals surface area (Å²) in [5, 5.41) is 42.3. The molecule has 0 radical (unpaired) electrons. The number of anilines is 2. The summed E-state index contributed by atoms with van der Waals surface area (Å²) in [6.45, 7) is -1.90. The number of fused-ring (bicyclic) bond motifs is 2. The number of nitrogen functional groups attached to an aromatic ring is 2. The molecule has 0 aromatic carbocycles. The van der Waals surface area contributed by atoms with Crippen LogP contribution in [0.5, 0.6) is 0 Å². The highest BCUT2D eigenvalue weighted by atomic mass is 31.3. The molecule has 2 aliphatic rings. The highest BCUT2D eigenvalue weighted by molar-refractivity contribution is 7.61. The quantitative estimate of drug-likeness (QED) is 0.0536. The first kappa shape index (κ1) is 35.2. The molecule has 27 heteroatoms. The third kappa shape index (κ3) is 6.52. The topological polar surface area (TPSA) is 363 Å². The Labute approximate surface area is 271 Å². The van der Waals surface area contributed by atoms with E-state index in [1.54, 1.807) is 0 Å². The van der Waals surface area contributed by atoms with Gasteiger partial charge in [0.15, 0.2) is 12.7 Å². The van der Waals surface area contributed by atoms with E-state index in [0.29, 0.717) is 0 Å². The number of nitrogens with zero attached hydrogens (tertiary/aromatic N) is 6. The summed E-state index contributed by atoms with van der Waals surface area (Å²) in [5.74, 6) is -0.484. The van der Waals surface area contributed by atoms with Gasteiger partial charge >= 0.3 is 26.9 Å². The number of aliphatic hydroxyl groups is 4. The molecule has 2 saturated heterocycles. The minimum Gasteiger partial charge on any atom is -0.387 e. The van der Waals surface area contributed by atoms with Gasteiger partial charge in [-0.3, -0.25) is 37.7 Å². The lowest BCUT2D eigenvalue weighted by molar-refractivity contribution is -0.746. The van der Waals surface area contributed by atoms with Gasteiger partial charge in [-0.2, -0.15) is 4.31 Å². The van der Waals surface area contributed by atoms with Gasteiger partial charge in [-0.15, -0.1) is 0 Å². The van der Waals surface area contributed by atoms with E-state index < -0.39 is 89.1 Å². The highest BCUT2D eigenvalue weighted by Crippen LogP contribution is 2.60. The van der Waals surface area contributed by atoms with Crippen molar-refractivity contribution in [3.63, 3.8) is 0 Å². The number of aliphatic hydroxyl groups excluding tert-OH is 4. The molecule has 12 N–H and O–H groups in total. The van der Waals surface area contributed by atoms with E-state index in [2.05, 4.69) is 24.2 Å². The molecule has 0 saturated carbocycles. The van der Waals surface area contributed by atoms with Gasteiger partial charge in [-0.05, 0) is 0 Å². The molecule has 0 aliphatic carbocycles. The van der Waals surface area contributed by atoms with Gasteiger partial charge in [0.05, 0.1) is 27.3 Å². The Morgan fingerprint density at radius 1 is 0.776 bits per heavy atom. The predicted molar refractivity (Wildman–Crippen MR) is 156 cm³/mol. The number of aromatic amines is 2. The molecule has 268 valence electrons. The Morgan fingerprint density at radius 2 is 1.14 bits per heavy atom. The fourth-order valence-corrected chi connectivity index (χ4v) is 7.71. The second-order valence-electron chi connectivity index (χ2n) is 11.2. The average Bonchev–Trinajstić information content (AvgIpc) is 3.68. The maximum atomic E-state index is 12.6. The van der Waals surface area contributed by atoms with Gasteiger partial charge in [0.1, 0.15) is 36.6 Å². The first-order chi connectivity index (χ1) is 22.9. The molecule has 0 bridgehead atoms. The van der Waals surface area contributed by atoms with E-state index in [9.17, 15) is 48.9 Å². The molecular weight excluding hydrogens is 706 g/mol. The van der Waals surface area contributed by atoms with Crippen LogP contribution in [-0.4, -0.2) is 109 Å². The zero-order valence-corrected chi connectivity index (χ0v) is 27.1. The lowest BCUT2D eigenvalue weighted by Gasteiger charge is -2.20. The van der Waals surface area contributed by atoms with Crippen molar-refractivity contribution in [1.82, 2.24) is 29.1 Å². The van der Waals surface area contributed by atoms with Crippen LogP contribution < -0.4 is 31.7 Å². The Hall–Kier alpha value is -3.68. The highest BCUT2D eigenvalue weighted by Gasteiger charge is 2.50. The lowest BCUT2D eigenvalue weighted by atomic mass is 10.1. The van der Waals surface area contributed by atoms with E-state index in [4.69, 9.17) is 30.0 Å². The molecule has 10 atom stereocenters. The molecule has 49 heavy (non-hydrogen) atoms. The Morgan fingerprint density at radius 3 is 1.51 bits per heavy atom. The lowest BCUT2D eigenvalue weighted by Crippen LogP contribution is -2.46. The summed E-state index contributed by atoms with van der Waals surface area (Å²) < 4.78 is 55.2. The second-order valence-corrected chi connectivity index (χ2v) is 14.3. The van der Waals surface area contributed by atoms with Crippen molar-refractivity contribution < 1.29 is 71.3 Å². The van der Waals surface area contributed by atoms with E-state index in [1.165, 1.54) is 45.0 Å². The number of rotatable bonds is 10. The normalized spacial score (nSPS) is 29.9. The van der Waals surface area contributed by atoms with Gasteiger partial charge in [0.2, 0.25) is 23.5 Å². The number of aromatic nitrogens is 8. The number of aryl methyl sites for hydroxylation is 2. The molecule has 2 unspecified atom stereocenters. The van der Waals surface area contributed by atoms with E-state index in [1.807, 2.05) is 0 Å². The maximum absolute atomic E-state index is 12.6. The summed E-state index contributed by atoms with van der Waals surface area (Å²) in [4.78, 5) is 57.6. The number of H-pyrrole nitrogens is 2. The number of phosphoric acid groups is 2. The minimum absolute atomic E-state index is 0.0152. The zero-order valence-electron chi connectivity index (χ0n) is 25.3. The van der Waals surface area contributed by atoms with Crippen molar-refractivity contribution in [2.45, 2.75) is 49.1 Å².